The van der Waals surface area contributed by atoms with Crippen LogP contribution in [0.4, 0.5) is 5.69 Å². The van der Waals surface area contributed by atoms with Gasteiger partial charge < -0.3 is 10.2 Å². The molecule has 0 saturated heterocycles. The second-order valence-corrected chi connectivity index (χ2v) is 5.15. The van der Waals surface area contributed by atoms with E-state index in [1.807, 2.05) is 26.1 Å². The van der Waals surface area contributed by atoms with Gasteiger partial charge in [0, 0.05) is 18.8 Å². The number of hydrogen-bond donors (Lipinski definition) is 1. The molecule has 0 aromatic heterocycles. The third-order valence-electron chi connectivity index (χ3n) is 3.45. The van der Waals surface area contributed by atoms with Crippen molar-refractivity contribution in [2.75, 3.05) is 18.9 Å². The van der Waals surface area contributed by atoms with Crippen molar-refractivity contribution in [2.45, 2.75) is 26.3 Å². The Bertz CT molecular complexity index is 519. The quantitative estimate of drug-likeness (QED) is 0.879. The van der Waals surface area contributed by atoms with E-state index in [0.29, 0.717) is 6.42 Å². The maximum atomic E-state index is 11.3. The fourth-order valence-electron chi connectivity index (χ4n) is 2.39. The number of nitrogens with one attached hydrogen (secondary N) is 1. The van der Waals surface area contributed by atoms with Crippen LogP contribution < -0.4 is 5.32 Å². The topological polar surface area (TPSA) is 56.1 Å². The summed E-state index contributed by atoms with van der Waals surface area (Å²) in [6.45, 7) is 3.62. The van der Waals surface area contributed by atoms with Gasteiger partial charge in [0.2, 0.25) is 5.91 Å². The van der Waals surface area contributed by atoms with E-state index in [0.717, 1.165) is 30.8 Å². The third kappa shape index (κ3) is 3.33. The van der Waals surface area contributed by atoms with Crippen molar-refractivity contribution in [3.05, 3.63) is 29.3 Å². The number of fused-ring (bicyclic) bond motifs is 1. The summed E-state index contributed by atoms with van der Waals surface area (Å²) in [4.78, 5) is 13.5. The first kappa shape index (κ1) is 13.6. The largest absolute Gasteiger partial charge is 0.326 e. The lowest BCUT2D eigenvalue weighted by molar-refractivity contribution is -0.115. The van der Waals surface area contributed by atoms with Crippen LogP contribution in [0.3, 0.4) is 0 Å². The number of rotatable bonds is 5. The molecule has 1 amide bonds. The molecule has 0 aliphatic carbocycles. The summed E-state index contributed by atoms with van der Waals surface area (Å²) < 4.78 is 0. The zero-order chi connectivity index (χ0) is 13.8. The minimum absolute atomic E-state index is 0.0658. The van der Waals surface area contributed by atoms with Gasteiger partial charge in [-0.25, -0.2) is 0 Å². The molecule has 4 nitrogen and oxygen atoms in total. The summed E-state index contributed by atoms with van der Waals surface area (Å²) in [6, 6.07) is 8.40. The lowest BCUT2D eigenvalue weighted by Crippen LogP contribution is -2.24. The summed E-state index contributed by atoms with van der Waals surface area (Å²) in [5, 5.41) is 11.8. The van der Waals surface area contributed by atoms with Gasteiger partial charge in [-0.3, -0.25) is 4.79 Å². The maximum absolute atomic E-state index is 11.3. The molecule has 1 aliphatic rings. The van der Waals surface area contributed by atoms with Crippen molar-refractivity contribution in [3.63, 3.8) is 0 Å². The molecule has 4 heteroatoms. The van der Waals surface area contributed by atoms with E-state index < -0.39 is 0 Å². The van der Waals surface area contributed by atoms with Crippen molar-refractivity contribution in [1.29, 1.82) is 5.26 Å². The molecule has 1 atom stereocenters. The number of anilines is 1. The molecular formula is C15H19N3O. The Kier molecular flexibility index (Phi) is 4.18. The first-order chi connectivity index (χ1) is 9.12. The summed E-state index contributed by atoms with van der Waals surface area (Å²) in [6.07, 6.45) is 1.35. The molecule has 100 valence electrons. The minimum atomic E-state index is 0.0658. The van der Waals surface area contributed by atoms with Gasteiger partial charge >= 0.3 is 0 Å². The van der Waals surface area contributed by atoms with Crippen LogP contribution in [0.1, 0.15) is 24.5 Å². The predicted octanol–water partition coefficient (Wildman–Crippen LogP) is 2.16. The monoisotopic (exact) mass is 257 g/mol. The van der Waals surface area contributed by atoms with Crippen LogP contribution in [-0.4, -0.2) is 24.4 Å². The summed E-state index contributed by atoms with van der Waals surface area (Å²) in [7, 11) is 2.02. The smallest absolute Gasteiger partial charge is 0.228 e. The van der Waals surface area contributed by atoms with Crippen molar-refractivity contribution < 1.29 is 4.79 Å². The molecule has 0 spiro atoms. The van der Waals surface area contributed by atoms with E-state index in [4.69, 9.17) is 5.26 Å². The van der Waals surface area contributed by atoms with Crippen molar-refractivity contribution in [1.82, 2.24) is 4.90 Å². The first-order valence-electron chi connectivity index (χ1n) is 6.62. The van der Waals surface area contributed by atoms with E-state index in [2.05, 4.69) is 22.4 Å². The lowest BCUT2D eigenvalue weighted by atomic mass is 10.1. The molecule has 1 aromatic rings. The highest BCUT2D eigenvalue weighted by Gasteiger charge is 2.18. The van der Waals surface area contributed by atoms with Gasteiger partial charge in [0.05, 0.1) is 18.4 Å². The number of hydrogen-bond acceptors (Lipinski definition) is 3. The Morgan fingerprint density at radius 1 is 1.53 bits per heavy atom. The number of amides is 1. The van der Waals surface area contributed by atoms with Gasteiger partial charge in [0.25, 0.3) is 0 Å². The lowest BCUT2D eigenvalue weighted by Gasteiger charge is -2.19. The summed E-state index contributed by atoms with van der Waals surface area (Å²) >= 11 is 0. The SMILES string of the molecule is CCC(C#N)CN(C)Cc1ccc2c(c1)CC(=O)N2. The van der Waals surface area contributed by atoms with E-state index in [-0.39, 0.29) is 11.8 Å². The maximum Gasteiger partial charge on any atom is 0.228 e. The minimum Gasteiger partial charge on any atom is -0.326 e. The molecule has 0 radical (unpaired) electrons. The Morgan fingerprint density at radius 2 is 2.32 bits per heavy atom. The number of nitriles is 1. The van der Waals surface area contributed by atoms with Crippen LogP contribution in [0.2, 0.25) is 0 Å². The second kappa shape index (κ2) is 5.85. The highest BCUT2D eigenvalue weighted by atomic mass is 16.1. The van der Waals surface area contributed by atoms with Gasteiger partial charge in [-0.15, -0.1) is 0 Å². The molecule has 1 aliphatic heterocycles. The fraction of sp³-hybridized carbons (Fsp3) is 0.467. The van der Waals surface area contributed by atoms with E-state index in [1.54, 1.807) is 0 Å². The summed E-state index contributed by atoms with van der Waals surface area (Å²) in [5.74, 6) is 0.152. The van der Waals surface area contributed by atoms with Crippen molar-refractivity contribution >= 4 is 11.6 Å². The number of carbonyl (C=O) groups is 1. The van der Waals surface area contributed by atoms with Crippen LogP contribution in [-0.2, 0) is 17.8 Å². The molecule has 0 saturated carbocycles. The second-order valence-electron chi connectivity index (χ2n) is 5.15. The fourth-order valence-corrected chi connectivity index (χ4v) is 2.39. The van der Waals surface area contributed by atoms with Gasteiger partial charge in [0.1, 0.15) is 0 Å². The Labute approximate surface area is 114 Å². The third-order valence-corrected chi connectivity index (χ3v) is 3.45. The number of carbonyl (C=O) groups excluding carboxylic acids is 1. The molecule has 1 N–H and O–H groups in total. The number of benzene rings is 1. The van der Waals surface area contributed by atoms with E-state index in [1.165, 1.54) is 5.56 Å². The number of nitrogens with zero attached hydrogens (tertiary/aromatic N) is 2. The molecule has 1 aromatic carbocycles. The average Bonchev–Trinajstić information content (AvgIpc) is 2.75. The van der Waals surface area contributed by atoms with Gasteiger partial charge in [-0.05, 0) is 30.7 Å². The Hall–Kier alpha value is -1.86. The zero-order valence-electron chi connectivity index (χ0n) is 11.4. The Balaban J connectivity index is 1.99. The van der Waals surface area contributed by atoms with Crippen LogP contribution in [0.25, 0.3) is 0 Å². The average molecular weight is 257 g/mol. The first-order valence-corrected chi connectivity index (χ1v) is 6.62. The van der Waals surface area contributed by atoms with Gasteiger partial charge in [-0.2, -0.15) is 5.26 Å². The molecule has 2 rings (SSSR count). The molecule has 0 bridgehead atoms. The summed E-state index contributed by atoms with van der Waals surface area (Å²) in [5.41, 5.74) is 3.19. The molecule has 19 heavy (non-hydrogen) atoms. The highest BCUT2D eigenvalue weighted by Crippen LogP contribution is 2.24. The zero-order valence-corrected chi connectivity index (χ0v) is 11.4. The van der Waals surface area contributed by atoms with Gasteiger partial charge in [-0.1, -0.05) is 19.1 Å². The molecule has 1 unspecified atom stereocenters. The standard InChI is InChI=1S/C15H19N3O/c1-3-11(8-16)9-18(2)10-12-4-5-14-13(6-12)7-15(19)17-14/h4-6,11H,3,7,9-10H2,1-2H3,(H,17,19). The molecule has 0 fully saturated rings. The normalized spacial score (nSPS) is 14.9. The highest BCUT2D eigenvalue weighted by molar-refractivity contribution is 5.99. The van der Waals surface area contributed by atoms with Gasteiger partial charge in [0.15, 0.2) is 0 Å². The Morgan fingerprint density at radius 3 is 3.00 bits per heavy atom. The van der Waals surface area contributed by atoms with Crippen LogP contribution >= 0.6 is 0 Å². The van der Waals surface area contributed by atoms with Crippen LogP contribution in [0.5, 0.6) is 0 Å². The van der Waals surface area contributed by atoms with E-state index in [9.17, 15) is 4.79 Å². The van der Waals surface area contributed by atoms with E-state index >= 15 is 0 Å². The van der Waals surface area contributed by atoms with Crippen molar-refractivity contribution in [3.8, 4) is 6.07 Å². The molecular weight excluding hydrogens is 238 g/mol. The van der Waals surface area contributed by atoms with Crippen LogP contribution in [0, 0.1) is 17.2 Å². The molecule has 1 heterocycles. The van der Waals surface area contributed by atoms with Crippen LogP contribution in [0.15, 0.2) is 18.2 Å². The van der Waals surface area contributed by atoms with Crippen molar-refractivity contribution in [2.24, 2.45) is 5.92 Å². The predicted molar refractivity (Wildman–Crippen MR) is 74.5 cm³/mol.